The molecule has 4 rings (SSSR count). The zero-order valence-corrected chi connectivity index (χ0v) is 17.8. The van der Waals surface area contributed by atoms with E-state index in [-0.39, 0.29) is 0 Å². The van der Waals surface area contributed by atoms with Crippen LogP contribution in [0.5, 0.6) is 0 Å². The minimum atomic E-state index is 1.08. The van der Waals surface area contributed by atoms with Crippen LogP contribution < -0.4 is 5.32 Å². The van der Waals surface area contributed by atoms with Gasteiger partial charge in [-0.3, -0.25) is 0 Å². The van der Waals surface area contributed by atoms with E-state index in [9.17, 15) is 0 Å². The van der Waals surface area contributed by atoms with E-state index in [4.69, 9.17) is 0 Å². The quantitative estimate of drug-likeness (QED) is 0.342. The third kappa shape index (κ3) is 4.87. The third-order valence-corrected chi connectivity index (χ3v) is 5.29. The highest BCUT2D eigenvalue weighted by Crippen LogP contribution is 2.28. The Morgan fingerprint density at radius 3 is 1.37 bits per heavy atom. The highest BCUT2D eigenvalue weighted by atomic mass is 14.9. The van der Waals surface area contributed by atoms with Crippen LogP contribution in [0.3, 0.4) is 0 Å². The SMILES string of the molecule is Cc1ccc(C=C(c2ccc(C)cc2)c2ccc(Nc3ccc(C)cc3)cc2)cc1. The van der Waals surface area contributed by atoms with Crippen molar-refractivity contribution in [2.45, 2.75) is 20.8 Å². The van der Waals surface area contributed by atoms with Crippen molar-refractivity contribution < 1.29 is 0 Å². The van der Waals surface area contributed by atoms with Gasteiger partial charge in [-0.25, -0.2) is 0 Å². The van der Waals surface area contributed by atoms with Crippen LogP contribution in [0.15, 0.2) is 97.1 Å². The molecule has 0 unspecified atom stereocenters. The molecule has 4 aromatic carbocycles. The molecule has 0 aliphatic carbocycles. The molecule has 1 nitrogen and oxygen atoms in total. The molecule has 0 aliphatic rings. The van der Waals surface area contributed by atoms with Crippen molar-refractivity contribution in [1.29, 1.82) is 0 Å². The van der Waals surface area contributed by atoms with Crippen LogP contribution in [0.4, 0.5) is 11.4 Å². The van der Waals surface area contributed by atoms with E-state index in [1.165, 1.54) is 39.0 Å². The van der Waals surface area contributed by atoms with E-state index in [2.05, 4.69) is 129 Å². The first kappa shape index (κ1) is 19.7. The standard InChI is InChI=1S/C29H27N/c1-21-4-10-24(11-5-21)20-29(25-12-6-22(2)7-13-25)26-14-18-28(19-15-26)30-27-16-8-23(3)9-17-27/h4-20,30H,1-3H3. The number of benzene rings is 4. The molecule has 0 spiro atoms. The van der Waals surface area contributed by atoms with E-state index in [1.54, 1.807) is 0 Å². The zero-order chi connectivity index (χ0) is 20.9. The van der Waals surface area contributed by atoms with Gasteiger partial charge in [0.15, 0.2) is 0 Å². The number of hydrogen-bond acceptors (Lipinski definition) is 1. The van der Waals surface area contributed by atoms with E-state index >= 15 is 0 Å². The summed E-state index contributed by atoms with van der Waals surface area (Å²) in [6.07, 6.45) is 2.27. The van der Waals surface area contributed by atoms with Gasteiger partial charge in [0.05, 0.1) is 0 Å². The van der Waals surface area contributed by atoms with Gasteiger partial charge in [-0.2, -0.15) is 0 Å². The Bertz CT molecular complexity index is 1130. The molecule has 1 heteroatoms. The molecule has 0 atom stereocenters. The van der Waals surface area contributed by atoms with Gasteiger partial charge in [-0.1, -0.05) is 89.5 Å². The second-order valence-electron chi connectivity index (χ2n) is 7.90. The average molecular weight is 390 g/mol. The number of anilines is 2. The monoisotopic (exact) mass is 389 g/mol. The van der Waals surface area contributed by atoms with Crippen LogP contribution in [0.25, 0.3) is 11.6 Å². The summed E-state index contributed by atoms with van der Waals surface area (Å²) in [6.45, 7) is 6.35. The number of rotatable bonds is 5. The summed E-state index contributed by atoms with van der Waals surface area (Å²) in [4.78, 5) is 0. The molecule has 0 heterocycles. The lowest BCUT2D eigenvalue weighted by Gasteiger charge is -2.12. The highest BCUT2D eigenvalue weighted by molar-refractivity contribution is 5.91. The summed E-state index contributed by atoms with van der Waals surface area (Å²) in [5, 5.41) is 3.48. The fourth-order valence-electron chi connectivity index (χ4n) is 3.43. The topological polar surface area (TPSA) is 12.0 Å². The van der Waals surface area contributed by atoms with Crippen molar-refractivity contribution in [3.8, 4) is 0 Å². The molecule has 0 amide bonds. The molecular weight excluding hydrogens is 362 g/mol. The van der Waals surface area contributed by atoms with E-state index in [0.29, 0.717) is 0 Å². The van der Waals surface area contributed by atoms with Crippen LogP contribution in [-0.2, 0) is 0 Å². The lowest BCUT2D eigenvalue weighted by molar-refractivity contribution is 1.44. The summed E-state index contributed by atoms with van der Waals surface area (Å²) in [7, 11) is 0. The van der Waals surface area contributed by atoms with Crippen molar-refractivity contribution in [1.82, 2.24) is 0 Å². The fraction of sp³-hybridized carbons (Fsp3) is 0.103. The Balaban J connectivity index is 1.67. The third-order valence-electron chi connectivity index (χ3n) is 5.29. The van der Waals surface area contributed by atoms with Gasteiger partial charge in [0, 0.05) is 11.4 Å². The Hall–Kier alpha value is -3.58. The van der Waals surface area contributed by atoms with Crippen LogP contribution >= 0.6 is 0 Å². The molecule has 0 saturated carbocycles. The van der Waals surface area contributed by atoms with Crippen molar-refractivity contribution in [3.63, 3.8) is 0 Å². The van der Waals surface area contributed by atoms with Gasteiger partial charge < -0.3 is 5.32 Å². The predicted molar refractivity (Wildman–Crippen MR) is 130 cm³/mol. The second kappa shape index (κ2) is 8.84. The van der Waals surface area contributed by atoms with Gasteiger partial charge in [-0.15, -0.1) is 0 Å². The molecule has 4 aromatic rings. The number of aryl methyl sites for hydroxylation is 3. The summed E-state index contributed by atoms with van der Waals surface area (Å²) in [6, 6.07) is 34.6. The second-order valence-corrected chi connectivity index (χ2v) is 7.90. The Kier molecular flexibility index (Phi) is 5.81. The fourth-order valence-corrected chi connectivity index (χ4v) is 3.43. The van der Waals surface area contributed by atoms with Crippen molar-refractivity contribution in [2.24, 2.45) is 0 Å². The van der Waals surface area contributed by atoms with Crippen molar-refractivity contribution in [2.75, 3.05) is 5.32 Å². The van der Waals surface area contributed by atoms with Crippen LogP contribution in [0.1, 0.15) is 33.4 Å². The van der Waals surface area contributed by atoms with E-state index < -0.39 is 0 Å². The lowest BCUT2D eigenvalue weighted by atomic mass is 9.94. The van der Waals surface area contributed by atoms with Gasteiger partial charge in [0.1, 0.15) is 0 Å². The molecule has 0 bridgehead atoms. The van der Waals surface area contributed by atoms with E-state index in [1.807, 2.05) is 0 Å². The maximum Gasteiger partial charge on any atom is 0.0384 e. The molecule has 30 heavy (non-hydrogen) atoms. The first-order valence-electron chi connectivity index (χ1n) is 10.4. The van der Waals surface area contributed by atoms with Gasteiger partial charge in [0.2, 0.25) is 0 Å². The molecule has 1 N–H and O–H groups in total. The van der Waals surface area contributed by atoms with Crippen molar-refractivity contribution >= 4 is 23.0 Å². The minimum absolute atomic E-state index is 1.08. The summed E-state index contributed by atoms with van der Waals surface area (Å²) in [5.74, 6) is 0. The molecule has 0 fully saturated rings. The van der Waals surface area contributed by atoms with Gasteiger partial charge in [-0.05, 0) is 73.4 Å². The predicted octanol–water partition coefficient (Wildman–Crippen LogP) is 7.94. The van der Waals surface area contributed by atoms with Crippen molar-refractivity contribution in [3.05, 3.63) is 130 Å². The largest absolute Gasteiger partial charge is 0.356 e. The molecular formula is C29H27N. The lowest BCUT2D eigenvalue weighted by Crippen LogP contribution is -1.92. The molecule has 0 aliphatic heterocycles. The van der Waals surface area contributed by atoms with Crippen LogP contribution in [0.2, 0.25) is 0 Å². The number of nitrogens with one attached hydrogen (secondary N) is 1. The Labute approximate surface area is 179 Å². The first-order valence-corrected chi connectivity index (χ1v) is 10.4. The smallest absolute Gasteiger partial charge is 0.0384 e. The Morgan fingerprint density at radius 1 is 0.500 bits per heavy atom. The summed E-state index contributed by atoms with van der Waals surface area (Å²) in [5.41, 5.74) is 10.8. The maximum absolute atomic E-state index is 3.48. The zero-order valence-electron chi connectivity index (χ0n) is 17.8. The first-order chi connectivity index (χ1) is 14.6. The van der Waals surface area contributed by atoms with Gasteiger partial charge in [0.25, 0.3) is 0 Å². The maximum atomic E-state index is 3.48. The molecule has 0 radical (unpaired) electrons. The Morgan fingerprint density at radius 2 is 0.867 bits per heavy atom. The van der Waals surface area contributed by atoms with Crippen LogP contribution in [-0.4, -0.2) is 0 Å². The average Bonchev–Trinajstić information content (AvgIpc) is 2.76. The minimum Gasteiger partial charge on any atom is -0.356 e. The molecule has 0 saturated heterocycles. The summed E-state index contributed by atoms with van der Waals surface area (Å²) < 4.78 is 0. The molecule has 148 valence electrons. The number of hydrogen-bond donors (Lipinski definition) is 1. The van der Waals surface area contributed by atoms with Gasteiger partial charge >= 0.3 is 0 Å². The van der Waals surface area contributed by atoms with Crippen LogP contribution in [0, 0.1) is 20.8 Å². The molecule has 0 aromatic heterocycles. The van der Waals surface area contributed by atoms with E-state index in [0.717, 1.165) is 11.4 Å². The highest BCUT2D eigenvalue weighted by Gasteiger charge is 2.06. The summed E-state index contributed by atoms with van der Waals surface area (Å²) >= 11 is 0. The normalized spacial score (nSPS) is 11.4.